The first-order chi connectivity index (χ1) is 9.43. The van der Waals surface area contributed by atoms with Gasteiger partial charge in [-0.1, -0.05) is 0 Å². The minimum absolute atomic E-state index is 0.186. The molecule has 2 heterocycles. The molecular weight excluding hydrogens is 274 g/mol. The molecule has 0 radical (unpaired) electrons. The molecule has 0 bridgehead atoms. The Kier molecular flexibility index (Phi) is 4.42. The number of anilines is 2. The molecule has 2 rings (SSSR count). The lowest BCUT2D eigenvalue weighted by Gasteiger charge is -2.38. The molecule has 0 aliphatic carbocycles. The van der Waals surface area contributed by atoms with Gasteiger partial charge in [-0.15, -0.1) is 0 Å². The summed E-state index contributed by atoms with van der Waals surface area (Å²) in [6.45, 7) is 8.37. The minimum Gasteiger partial charge on any atom is -0.462 e. The normalized spacial score (nSPS) is 17.9. The van der Waals surface area contributed by atoms with Crippen LogP contribution in [0.2, 0.25) is 0 Å². The van der Waals surface area contributed by atoms with Gasteiger partial charge in [-0.05, 0) is 26.8 Å². The lowest BCUT2D eigenvalue weighted by Crippen LogP contribution is -2.43. The van der Waals surface area contributed by atoms with Crippen LogP contribution in [-0.2, 0) is 4.74 Å². The average molecular weight is 295 g/mol. The average Bonchev–Trinajstić information content (AvgIpc) is 2.38. The zero-order chi connectivity index (χ0) is 14.8. The number of ether oxygens (including phenoxy) is 1. The van der Waals surface area contributed by atoms with Crippen molar-refractivity contribution in [3.05, 3.63) is 17.8 Å². The third-order valence-corrected chi connectivity index (χ3v) is 4.46. The Hall–Kier alpha value is -1.43. The Balaban J connectivity index is 2.25. The molecule has 0 unspecified atom stereocenters. The van der Waals surface area contributed by atoms with Crippen LogP contribution in [0.15, 0.2) is 12.3 Å². The maximum Gasteiger partial charge on any atom is 0.340 e. The maximum absolute atomic E-state index is 11.9. The molecule has 6 heteroatoms. The van der Waals surface area contributed by atoms with E-state index in [1.165, 1.54) is 6.20 Å². The second kappa shape index (κ2) is 5.91. The van der Waals surface area contributed by atoms with Crippen molar-refractivity contribution in [1.82, 2.24) is 4.98 Å². The van der Waals surface area contributed by atoms with E-state index in [0.29, 0.717) is 17.9 Å². The van der Waals surface area contributed by atoms with Crippen LogP contribution in [0.3, 0.4) is 0 Å². The van der Waals surface area contributed by atoms with Gasteiger partial charge in [-0.3, -0.25) is 0 Å². The van der Waals surface area contributed by atoms with Gasteiger partial charge in [-0.2, -0.15) is 11.8 Å². The first kappa shape index (κ1) is 15.0. The molecule has 0 saturated carbocycles. The van der Waals surface area contributed by atoms with E-state index in [4.69, 9.17) is 10.5 Å². The van der Waals surface area contributed by atoms with E-state index in [1.54, 1.807) is 13.0 Å². The van der Waals surface area contributed by atoms with E-state index in [-0.39, 0.29) is 10.7 Å². The van der Waals surface area contributed by atoms with Crippen LogP contribution in [0.5, 0.6) is 0 Å². The van der Waals surface area contributed by atoms with Crippen LogP contribution in [0, 0.1) is 0 Å². The number of carbonyl (C=O) groups is 1. The quantitative estimate of drug-likeness (QED) is 0.862. The monoisotopic (exact) mass is 295 g/mol. The molecule has 5 nitrogen and oxygen atoms in total. The molecule has 1 aliphatic rings. The van der Waals surface area contributed by atoms with Gasteiger partial charge in [0.2, 0.25) is 0 Å². The predicted octanol–water partition coefficient (Wildman–Crippen LogP) is 2.17. The topological polar surface area (TPSA) is 68.5 Å². The number of hydrogen-bond donors (Lipinski definition) is 1. The van der Waals surface area contributed by atoms with Crippen LogP contribution in [-0.4, -0.2) is 41.1 Å². The largest absolute Gasteiger partial charge is 0.462 e. The highest BCUT2D eigenvalue weighted by Gasteiger charge is 2.28. The van der Waals surface area contributed by atoms with Crippen LogP contribution in [0.25, 0.3) is 0 Å². The number of hydrogen-bond acceptors (Lipinski definition) is 6. The van der Waals surface area contributed by atoms with Gasteiger partial charge in [0.25, 0.3) is 0 Å². The van der Waals surface area contributed by atoms with Gasteiger partial charge in [0.15, 0.2) is 0 Å². The van der Waals surface area contributed by atoms with E-state index in [2.05, 4.69) is 23.7 Å². The zero-order valence-electron chi connectivity index (χ0n) is 12.2. The van der Waals surface area contributed by atoms with Gasteiger partial charge >= 0.3 is 5.97 Å². The third kappa shape index (κ3) is 3.36. The molecule has 0 aromatic carbocycles. The summed E-state index contributed by atoms with van der Waals surface area (Å²) < 4.78 is 5.21. The van der Waals surface area contributed by atoms with Gasteiger partial charge in [0, 0.05) is 23.6 Å². The van der Waals surface area contributed by atoms with Gasteiger partial charge in [-0.25, -0.2) is 9.78 Å². The second-order valence-corrected chi connectivity index (χ2v) is 7.18. The molecule has 2 N–H and O–H groups in total. The van der Waals surface area contributed by atoms with Crippen molar-refractivity contribution in [3.8, 4) is 0 Å². The lowest BCUT2D eigenvalue weighted by molar-refractivity contribution is 0.0527. The Labute approximate surface area is 123 Å². The summed E-state index contributed by atoms with van der Waals surface area (Å²) in [7, 11) is 0. The number of aromatic nitrogens is 1. The van der Waals surface area contributed by atoms with Crippen molar-refractivity contribution >= 4 is 29.2 Å². The van der Waals surface area contributed by atoms with Crippen LogP contribution >= 0.6 is 11.8 Å². The lowest BCUT2D eigenvalue weighted by atomic mass is 10.1. The predicted molar refractivity (Wildman–Crippen MR) is 83.4 cm³/mol. The molecule has 1 saturated heterocycles. The molecule has 1 fully saturated rings. The fraction of sp³-hybridized carbons (Fsp3) is 0.571. The number of nitrogens with zero attached hydrogens (tertiary/aromatic N) is 2. The molecule has 1 aromatic heterocycles. The fourth-order valence-corrected chi connectivity index (χ4v) is 3.34. The number of nitrogens with two attached hydrogens (primary N) is 1. The SMILES string of the molecule is CCOC(=O)c1cc(N2CCSC(C)(C)C2)ncc1N. The molecule has 0 spiro atoms. The fourth-order valence-electron chi connectivity index (χ4n) is 2.23. The van der Waals surface area contributed by atoms with E-state index >= 15 is 0 Å². The van der Waals surface area contributed by atoms with Crippen molar-refractivity contribution in [2.24, 2.45) is 0 Å². The number of rotatable bonds is 3. The van der Waals surface area contributed by atoms with Gasteiger partial charge < -0.3 is 15.4 Å². The second-order valence-electron chi connectivity index (χ2n) is 5.38. The van der Waals surface area contributed by atoms with Crippen molar-refractivity contribution in [2.75, 3.05) is 36.1 Å². The maximum atomic E-state index is 11.9. The van der Waals surface area contributed by atoms with Crippen molar-refractivity contribution in [3.63, 3.8) is 0 Å². The van der Waals surface area contributed by atoms with E-state index in [9.17, 15) is 4.79 Å². The Morgan fingerprint density at radius 1 is 1.60 bits per heavy atom. The Bertz CT molecular complexity index is 505. The first-order valence-electron chi connectivity index (χ1n) is 6.74. The number of esters is 1. The number of carbonyl (C=O) groups excluding carboxylic acids is 1. The van der Waals surface area contributed by atoms with Crippen LogP contribution in [0.1, 0.15) is 31.1 Å². The molecule has 110 valence electrons. The zero-order valence-corrected chi connectivity index (χ0v) is 13.0. The van der Waals surface area contributed by atoms with Crippen molar-refractivity contribution in [2.45, 2.75) is 25.5 Å². The highest BCUT2D eigenvalue weighted by atomic mass is 32.2. The molecule has 0 atom stereocenters. The van der Waals surface area contributed by atoms with Crippen molar-refractivity contribution in [1.29, 1.82) is 0 Å². The summed E-state index contributed by atoms with van der Waals surface area (Å²) in [5.41, 5.74) is 6.57. The summed E-state index contributed by atoms with van der Waals surface area (Å²) in [5.74, 6) is 1.45. The van der Waals surface area contributed by atoms with E-state index in [1.807, 2.05) is 11.8 Å². The summed E-state index contributed by atoms with van der Waals surface area (Å²) >= 11 is 1.95. The molecular formula is C14H21N3O2S. The summed E-state index contributed by atoms with van der Waals surface area (Å²) in [5, 5.41) is 0. The Morgan fingerprint density at radius 3 is 3.00 bits per heavy atom. The molecule has 1 aromatic rings. The third-order valence-electron chi connectivity index (χ3n) is 3.17. The Morgan fingerprint density at radius 2 is 2.35 bits per heavy atom. The number of nitrogen functional groups attached to an aromatic ring is 1. The molecule has 1 aliphatic heterocycles. The summed E-state index contributed by atoms with van der Waals surface area (Å²) in [4.78, 5) is 18.4. The van der Waals surface area contributed by atoms with Gasteiger partial charge in [0.1, 0.15) is 5.82 Å². The van der Waals surface area contributed by atoms with E-state index in [0.717, 1.165) is 24.7 Å². The minimum atomic E-state index is -0.390. The number of thioether (sulfide) groups is 1. The highest BCUT2D eigenvalue weighted by Crippen LogP contribution is 2.32. The summed E-state index contributed by atoms with van der Waals surface area (Å²) in [6.07, 6.45) is 1.54. The van der Waals surface area contributed by atoms with Crippen molar-refractivity contribution < 1.29 is 9.53 Å². The smallest absolute Gasteiger partial charge is 0.340 e. The molecule has 0 amide bonds. The molecule has 20 heavy (non-hydrogen) atoms. The highest BCUT2D eigenvalue weighted by molar-refractivity contribution is 8.00. The summed E-state index contributed by atoms with van der Waals surface area (Å²) in [6, 6.07) is 1.74. The van der Waals surface area contributed by atoms with Crippen LogP contribution < -0.4 is 10.6 Å². The number of pyridine rings is 1. The van der Waals surface area contributed by atoms with Crippen LogP contribution in [0.4, 0.5) is 11.5 Å². The first-order valence-corrected chi connectivity index (χ1v) is 7.73. The standard InChI is InChI=1S/C14H21N3O2S/c1-4-19-13(18)10-7-12(16-8-11(10)15)17-5-6-20-14(2,3)9-17/h7-8H,4-6,9,15H2,1-3H3. The van der Waals surface area contributed by atoms with Gasteiger partial charge in [0.05, 0.1) is 24.1 Å². The van der Waals surface area contributed by atoms with E-state index < -0.39 is 0 Å².